The fourth-order valence-corrected chi connectivity index (χ4v) is 3.48. The van der Waals surface area contributed by atoms with Gasteiger partial charge in [0, 0.05) is 50.7 Å². The van der Waals surface area contributed by atoms with Crippen LogP contribution in [0.1, 0.15) is 16.1 Å². The summed E-state index contributed by atoms with van der Waals surface area (Å²) in [6, 6.07) is 5.71. The highest BCUT2D eigenvalue weighted by atomic mass is 32.1. The fourth-order valence-electron chi connectivity index (χ4n) is 2.66. The lowest BCUT2D eigenvalue weighted by Crippen LogP contribution is -2.50. The average molecular weight is 435 g/mol. The van der Waals surface area contributed by atoms with Crippen molar-refractivity contribution in [3.8, 4) is 0 Å². The fraction of sp³-hybridized carbons (Fsp3) is 0.389. The van der Waals surface area contributed by atoms with Crippen LogP contribution in [0, 0.1) is 10.1 Å². The Bertz CT molecular complexity index is 912. The number of carbonyl (C=O) groups excluding carboxylic acids is 2. The van der Waals surface area contributed by atoms with Gasteiger partial charge in [0.1, 0.15) is 12.3 Å². The number of β-amino-alcohol motifs (C(OH)–C–C–N with tert-alkyl or cyclic N) is 1. The lowest BCUT2D eigenvalue weighted by molar-refractivity contribution is -0.384. The summed E-state index contributed by atoms with van der Waals surface area (Å²) >= 11 is 1.35. The van der Waals surface area contributed by atoms with Crippen molar-refractivity contribution >= 4 is 34.2 Å². The van der Waals surface area contributed by atoms with Crippen molar-refractivity contribution in [1.82, 2.24) is 15.2 Å². The Morgan fingerprint density at radius 1 is 1.40 bits per heavy atom. The molecule has 2 N–H and O–H groups in total. The van der Waals surface area contributed by atoms with Crippen LogP contribution in [0.25, 0.3) is 0 Å². The molecule has 0 saturated carbocycles. The molecule has 2 heterocycles. The Hall–Kier alpha value is -3.25. The number of likely N-dealkylation sites (N-methyl/N-ethyl adjacent to an activating group) is 1. The van der Waals surface area contributed by atoms with Crippen molar-refractivity contribution in [3.63, 3.8) is 0 Å². The number of nitro groups is 1. The third kappa shape index (κ3) is 5.42. The third-order valence-corrected chi connectivity index (χ3v) is 5.33. The summed E-state index contributed by atoms with van der Waals surface area (Å²) in [4.78, 5) is 42.0. The molecule has 30 heavy (non-hydrogen) atoms. The molecule has 11 nitrogen and oxygen atoms in total. The van der Waals surface area contributed by atoms with E-state index in [4.69, 9.17) is 4.74 Å². The number of amides is 2. The van der Waals surface area contributed by atoms with Crippen molar-refractivity contribution in [2.24, 2.45) is 0 Å². The Morgan fingerprint density at radius 2 is 2.10 bits per heavy atom. The predicted octanol–water partition coefficient (Wildman–Crippen LogP) is 1.23. The number of carbonyl (C=O) groups is 2. The first-order chi connectivity index (χ1) is 14.3. The monoisotopic (exact) mass is 435 g/mol. The number of alkyl carbamates (subject to hydrolysis) is 1. The molecule has 0 spiro atoms. The number of rotatable bonds is 8. The number of nitrogens with one attached hydrogen (secondary N) is 1. The highest BCUT2D eigenvalue weighted by Crippen LogP contribution is 2.25. The van der Waals surface area contributed by atoms with E-state index in [9.17, 15) is 24.8 Å². The van der Waals surface area contributed by atoms with Crippen LogP contribution < -0.4 is 10.2 Å². The molecule has 2 amide bonds. The number of aliphatic hydroxyl groups is 1. The van der Waals surface area contributed by atoms with Crippen LogP contribution in [0.3, 0.4) is 0 Å². The topological polar surface area (TPSA) is 138 Å². The zero-order valence-electron chi connectivity index (χ0n) is 16.2. The van der Waals surface area contributed by atoms with E-state index in [1.807, 2.05) is 4.90 Å². The number of nitrogens with zero attached hydrogens (tertiary/aromatic N) is 4. The maximum Gasteiger partial charge on any atom is 0.407 e. The summed E-state index contributed by atoms with van der Waals surface area (Å²) in [7, 11) is 1.61. The quantitative estimate of drug-likeness (QED) is 0.466. The summed E-state index contributed by atoms with van der Waals surface area (Å²) in [5.41, 5.74) is 0.905. The molecule has 1 saturated heterocycles. The number of hydrogen-bond acceptors (Lipinski definition) is 9. The van der Waals surface area contributed by atoms with Crippen LogP contribution in [-0.4, -0.2) is 71.2 Å². The molecule has 1 aromatic carbocycles. The molecule has 0 bridgehead atoms. The Balaban J connectivity index is 1.37. The van der Waals surface area contributed by atoms with E-state index in [0.29, 0.717) is 29.5 Å². The van der Waals surface area contributed by atoms with Crippen LogP contribution in [-0.2, 0) is 11.3 Å². The van der Waals surface area contributed by atoms with Crippen molar-refractivity contribution < 1.29 is 24.4 Å². The number of non-ortho nitro benzene ring substituents is 1. The molecule has 0 atom stereocenters. The molecular formula is C18H21N5O6S. The minimum Gasteiger partial charge on any atom is -0.445 e. The second kappa shape index (κ2) is 9.50. The Labute approximate surface area is 176 Å². The van der Waals surface area contributed by atoms with Gasteiger partial charge in [0.25, 0.3) is 11.6 Å². The largest absolute Gasteiger partial charge is 0.445 e. The zero-order valence-corrected chi connectivity index (χ0v) is 17.0. The number of thiazole rings is 1. The smallest absolute Gasteiger partial charge is 0.407 e. The molecule has 12 heteroatoms. The van der Waals surface area contributed by atoms with Gasteiger partial charge >= 0.3 is 6.09 Å². The maximum absolute atomic E-state index is 12.4. The van der Waals surface area contributed by atoms with E-state index in [2.05, 4.69) is 10.3 Å². The average Bonchev–Trinajstić information content (AvgIpc) is 3.19. The second-order valence-corrected chi connectivity index (χ2v) is 7.56. The van der Waals surface area contributed by atoms with E-state index in [-0.39, 0.29) is 37.4 Å². The van der Waals surface area contributed by atoms with Crippen molar-refractivity contribution in [3.05, 3.63) is 51.0 Å². The van der Waals surface area contributed by atoms with Gasteiger partial charge in [-0.1, -0.05) is 0 Å². The molecular weight excluding hydrogens is 414 g/mol. The maximum atomic E-state index is 12.4. The summed E-state index contributed by atoms with van der Waals surface area (Å²) in [6.07, 6.45) is -0.997. The molecule has 1 aromatic heterocycles. The van der Waals surface area contributed by atoms with Crippen LogP contribution in [0.15, 0.2) is 29.6 Å². The SMILES string of the molecule is CN(CCNC(=O)OCc1ccc([N+](=O)[O-])cc1)C(=O)c1csc(N2CC(O)C2)n1. The second-order valence-electron chi connectivity index (χ2n) is 6.73. The van der Waals surface area contributed by atoms with E-state index in [1.54, 1.807) is 12.4 Å². The van der Waals surface area contributed by atoms with Gasteiger partial charge in [-0.25, -0.2) is 9.78 Å². The molecule has 2 aromatic rings. The van der Waals surface area contributed by atoms with Crippen molar-refractivity contribution in [1.29, 1.82) is 0 Å². The Morgan fingerprint density at radius 3 is 2.73 bits per heavy atom. The highest BCUT2D eigenvalue weighted by molar-refractivity contribution is 7.14. The van der Waals surface area contributed by atoms with Gasteiger partial charge in [-0.3, -0.25) is 14.9 Å². The third-order valence-electron chi connectivity index (χ3n) is 4.42. The standard InChI is InChI=1S/C18H21N5O6S/c1-21(16(25)15-11-30-17(20-15)22-8-14(24)9-22)7-6-19-18(26)29-10-12-2-4-13(5-3-12)23(27)28/h2-5,11,14,24H,6-10H2,1H3,(H,19,26). The first-order valence-electron chi connectivity index (χ1n) is 9.11. The first-order valence-corrected chi connectivity index (χ1v) is 9.99. The highest BCUT2D eigenvalue weighted by Gasteiger charge is 2.27. The van der Waals surface area contributed by atoms with Gasteiger partial charge in [0.15, 0.2) is 5.13 Å². The lowest BCUT2D eigenvalue weighted by atomic mass is 10.2. The van der Waals surface area contributed by atoms with Crippen molar-refractivity contribution in [2.45, 2.75) is 12.7 Å². The van der Waals surface area contributed by atoms with Gasteiger partial charge in [-0.15, -0.1) is 11.3 Å². The van der Waals surface area contributed by atoms with E-state index in [1.165, 1.54) is 40.5 Å². The van der Waals surface area contributed by atoms with E-state index in [0.717, 1.165) is 0 Å². The van der Waals surface area contributed by atoms with Gasteiger partial charge in [0.05, 0.1) is 11.0 Å². The van der Waals surface area contributed by atoms with Crippen LogP contribution in [0.5, 0.6) is 0 Å². The number of benzene rings is 1. The van der Waals surface area contributed by atoms with Crippen LogP contribution in [0.2, 0.25) is 0 Å². The van der Waals surface area contributed by atoms with E-state index >= 15 is 0 Å². The molecule has 1 aliphatic heterocycles. The molecule has 0 radical (unpaired) electrons. The normalized spacial score (nSPS) is 13.5. The molecule has 3 rings (SSSR count). The summed E-state index contributed by atoms with van der Waals surface area (Å²) in [5.74, 6) is -0.264. The molecule has 0 aliphatic carbocycles. The number of aliphatic hydroxyl groups excluding tert-OH is 1. The number of aromatic nitrogens is 1. The van der Waals surface area contributed by atoms with Gasteiger partial charge in [-0.05, 0) is 17.7 Å². The minimum absolute atomic E-state index is 0.0224. The molecule has 1 aliphatic rings. The number of hydrogen-bond donors (Lipinski definition) is 2. The number of anilines is 1. The van der Waals surface area contributed by atoms with Crippen LogP contribution >= 0.6 is 11.3 Å². The molecule has 1 fully saturated rings. The molecule has 160 valence electrons. The van der Waals surface area contributed by atoms with Gasteiger partial charge < -0.3 is 25.0 Å². The van der Waals surface area contributed by atoms with Gasteiger partial charge in [-0.2, -0.15) is 0 Å². The Kier molecular flexibility index (Phi) is 6.79. The summed E-state index contributed by atoms with van der Waals surface area (Å²) in [5, 5.41) is 24.9. The minimum atomic E-state index is -0.651. The summed E-state index contributed by atoms with van der Waals surface area (Å²) < 4.78 is 5.05. The number of nitro benzene ring substituents is 1. The summed E-state index contributed by atoms with van der Waals surface area (Å²) in [6.45, 7) is 1.47. The number of ether oxygens (including phenoxy) is 1. The van der Waals surface area contributed by atoms with Crippen molar-refractivity contribution in [2.75, 3.05) is 38.1 Å². The van der Waals surface area contributed by atoms with E-state index < -0.39 is 11.0 Å². The van der Waals surface area contributed by atoms with Crippen LogP contribution in [0.4, 0.5) is 15.6 Å². The van der Waals surface area contributed by atoms with Gasteiger partial charge in [0.2, 0.25) is 0 Å². The predicted molar refractivity (Wildman–Crippen MR) is 109 cm³/mol. The zero-order chi connectivity index (χ0) is 21.7. The molecule has 0 unspecified atom stereocenters. The first kappa shape index (κ1) is 21.5. The lowest BCUT2D eigenvalue weighted by Gasteiger charge is -2.35.